The van der Waals surface area contributed by atoms with Gasteiger partial charge in [-0.3, -0.25) is 0 Å². The van der Waals surface area contributed by atoms with Gasteiger partial charge in [0, 0.05) is 18.9 Å². The Bertz CT molecular complexity index is 234. The summed E-state index contributed by atoms with van der Waals surface area (Å²) in [5.74, 6) is 0. The SMILES string of the molecule is CCC(CO)(CO)NCc1cc[nH]c1. The van der Waals surface area contributed by atoms with Crippen LogP contribution in [0.3, 0.4) is 0 Å². The molecule has 14 heavy (non-hydrogen) atoms. The summed E-state index contributed by atoms with van der Waals surface area (Å²) in [7, 11) is 0. The lowest BCUT2D eigenvalue weighted by Crippen LogP contribution is -2.50. The van der Waals surface area contributed by atoms with Crippen LogP contribution in [-0.4, -0.2) is 33.9 Å². The van der Waals surface area contributed by atoms with Gasteiger partial charge in [-0.25, -0.2) is 0 Å². The summed E-state index contributed by atoms with van der Waals surface area (Å²) in [6.07, 6.45) is 4.44. The summed E-state index contributed by atoms with van der Waals surface area (Å²) in [6, 6.07) is 1.96. The Labute approximate surface area is 84.0 Å². The summed E-state index contributed by atoms with van der Waals surface area (Å²) in [5.41, 5.74) is 0.557. The second-order valence-corrected chi connectivity index (χ2v) is 3.52. The van der Waals surface area contributed by atoms with Crippen molar-refractivity contribution in [3.05, 3.63) is 24.0 Å². The van der Waals surface area contributed by atoms with E-state index in [0.29, 0.717) is 13.0 Å². The van der Waals surface area contributed by atoms with Gasteiger partial charge in [-0.2, -0.15) is 0 Å². The van der Waals surface area contributed by atoms with E-state index in [0.717, 1.165) is 5.56 Å². The minimum Gasteiger partial charge on any atom is -0.394 e. The number of hydrogen-bond acceptors (Lipinski definition) is 3. The van der Waals surface area contributed by atoms with E-state index in [-0.39, 0.29) is 13.2 Å². The Morgan fingerprint density at radius 1 is 1.43 bits per heavy atom. The van der Waals surface area contributed by atoms with E-state index in [1.54, 1.807) is 0 Å². The lowest BCUT2D eigenvalue weighted by Gasteiger charge is -2.29. The average molecular weight is 198 g/mol. The molecule has 0 radical (unpaired) electrons. The van der Waals surface area contributed by atoms with Gasteiger partial charge in [-0.1, -0.05) is 6.92 Å². The molecular formula is C10H18N2O2. The molecule has 0 atom stereocenters. The predicted octanol–water partition coefficient (Wildman–Crippen LogP) is 0.238. The molecule has 4 nitrogen and oxygen atoms in total. The van der Waals surface area contributed by atoms with Gasteiger partial charge in [0.15, 0.2) is 0 Å². The van der Waals surface area contributed by atoms with Gasteiger partial charge in [0.05, 0.1) is 18.8 Å². The molecule has 0 fully saturated rings. The van der Waals surface area contributed by atoms with Crippen LogP contribution in [0.25, 0.3) is 0 Å². The van der Waals surface area contributed by atoms with E-state index in [1.807, 2.05) is 25.4 Å². The van der Waals surface area contributed by atoms with Gasteiger partial charge < -0.3 is 20.5 Å². The van der Waals surface area contributed by atoms with E-state index >= 15 is 0 Å². The number of aliphatic hydroxyl groups excluding tert-OH is 2. The molecule has 0 saturated carbocycles. The quantitative estimate of drug-likeness (QED) is 0.529. The van der Waals surface area contributed by atoms with Crippen molar-refractivity contribution in [2.75, 3.05) is 13.2 Å². The standard InChI is InChI=1S/C10H18N2O2/c1-2-10(7-13,8-14)12-6-9-3-4-11-5-9/h3-5,11-14H,2,6-8H2,1H3. The van der Waals surface area contributed by atoms with Crippen LogP contribution in [0.15, 0.2) is 18.5 Å². The van der Waals surface area contributed by atoms with Crippen LogP contribution in [0.1, 0.15) is 18.9 Å². The zero-order chi connectivity index (χ0) is 10.4. The number of aliphatic hydroxyl groups is 2. The molecule has 0 unspecified atom stereocenters. The van der Waals surface area contributed by atoms with Crippen LogP contribution in [-0.2, 0) is 6.54 Å². The number of H-pyrrole nitrogens is 1. The molecule has 0 amide bonds. The molecule has 0 aromatic carbocycles. The van der Waals surface area contributed by atoms with Crippen molar-refractivity contribution in [2.45, 2.75) is 25.4 Å². The highest BCUT2D eigenvalue weighted by Crippen LogP contribution is 2.09. The highest BCUT2D eigenvalue weighted by molar-refractivity contribution is 5.08. The van der Waals surface area contributed by atoms with Crippen molar-refractivity contribution >= 4 is 0 Å². The zero-order valence-corrected chi connectivity index (χ0v) is 8.45. The summed E-state index contributed by atoms with van der Waals surface area (Å²) in [4.78, 5) is 2.96. The summed E-state index contributed by atoms with van der Waals surface area (Å²) >= 11 is 0. The Kier molecular flexibility index (Phi) is 4.13. The highest BCUT2D eigenvalue weighted by Gasteiger charge is 2.25. The molecule has 4 heteroatoms. The van der Waals surface area contributed by atoms with Crippen molar-refractivity contribution in [3.63, 3.8) is 0 Å². The molecule has 1 aromatic heterocycles. The molecule has 80 valence electrons. The molecule has 0 aliphatic carbocycles. The van der Waals surface area contributed by atoms with Gasteiger partial charge >= 0.3 is 0 Å². The summed E-state index contributed by atoms with van der Waals surface area (Å²) in [5, 5.41) is 21.5. The van der Waals surface area contributed by atoms with Crippen LogP contribution in [0.5, 0.6) is 0 Å². The first-order valence-electron chi connectivity index (χ1n) is 4.85. The maximum atomic E-state index is 9.17. The first-order valence-corrected chi connectivity index (χ1v) is 4.85. The maximum Gasteiger partial charge on any atom is 0.0648 e. The van der Waals surface area contributed by atoms with Crippen molar-refractivity contribution in [1.29, 1.82) is 0 Å². The largest absolute Gasteiger partial charge is 0.394 e. The zero-order valence-electron chi connectivity index (χ0n) is 8.45. The number of hydrogen-bond donors (Lipinski definition) is 4. The smallest absolute Gasteiger partial charge is 0.0648 e. The average Bonchev–Trinajstić information content (AvgIpc) is 2.74. The summed E-state index contributed by atoms with van der Waals surface area (Å²) in [6.45, 7) is 2.49. The Morgan fingerprint density at radius 2 is 2.14 bits per heavy atom. The number of rotatable bonds is 6. The molecule has 0 bridgehead atoms. The second kappa shape index (κ2) is 5.14. The molecule has 1 rings (SSSR count). The van der Waals surface area contributed by atoms with Crippen LogP contribution in [0, 0.1) is 0 Å². The number of nitrogens with one attached hydrogen (secondary N) is 2. The maximum absolute atomic E-state index is 9.17. The molecule has 4 N–H and O–H groups in total. The third-order valence-corrected chi connectivity index (χ3v) is 2.61. The van der Waals surface area contributed by atoms with E-state index in [2.05, 4.69) is 10.3 Å². The fourth-order valence-electron chi connectivity index (χ4n) is 1.27. The Balaban J connectivity index is 2.48. The minimum absolute atomic E-state index is 0.0512. The predicted molar refractivity (Wildman–Crippen MR) is 54.8 cm³/mol. The van der Waals surface area contributed by atoms with Crippen molar-refractivity contribution in [2.24, 2.45) is 0 Å². The molecule has 0 aliphatic rings. The van der Waals surface area contributed by atoms with Gasteiger partial charge in [-0.05, 0) is 18.1 Å². The first kappa shape index (κ1) is 11.2. The number of aromatic nitrogens is 1. The van der Waals surface area contributed by atoms with E-state index in [4.69, 9.17) is 0 Å². The molecule has 0 spiro atoms. The fraction of sp³-hybridized carbons (Fsp3) is 0.600. The van der Waals surface area contributed by atoms with Crippen LogP contribution >= 0.6 is 0 Å². The van der Waals surface area contributed by atoms with Crippen LogP contribution < -0.4 is 5.32 Å². The highest BCUT2D eigenvalue weighted by atomic mass is 16.3. The fourth-order valence-corrected chi connectivity index (χ4v) is 1.27. The van der Waals surface area contributed by atoms with Crippen LogP contribution in [0.2, 0.25) is 0 Å². The van der Waals surface area contributed by atoms with E-state index in [9.17, 15) is 10.2 Å². The topological polar surface area (TPSA) is 68.3 Å². The molecule has 0 aliphatic heterocycles. The Hall–Kier alpha value is -0.840. The molecule has 0 saturated heterocycles. The molecule has 1 aromatic rings. The second-order valence-electron chi connectivity index (χ2n) is 3.52. The van der Waals surface area contributed by atoms with E-state index in [1.165, 1.54) is 0 Å². The van der Waals surface area contributed by atoms with Crippen molar-refractivity contribution in [1.82, 2.24) is 10.3 Å². The van der Waals surface area contributed by atoms with Gasteiger partial charge in [0.1, 0.15) is 0 Å². The number of aromatic amines is 1. The van der Waals surface area contributed by atoms with Crippen molar-refractivity contribution < 1.29 is 10.2 Å². The monoisotopic (exact) mass is 198 g/mol. The third kappa shape index (κ3) is 2.57. The Morgan fingerprint density at radius 3 is 2.57 bits per heavy atom. The van der Waals surface area contributed by atoms with Gasteiger partial charge in [0.2, 0.25) is 0 Å². The van der Waals surface area contributed by atoms with Crippen LogP contribution in [0.4, 0.5) is 0 Å². The van der Waals surface area contributed by atoms with E-state index < -0.39 is 5.54 Å². The first-order chi connectivity index (χ1) is 6.76. The lowest BCUT2D eigenvalue weighted by molar-refractivity contribution is 0.0864. The van der Waals surface area contributed by atoms with Crippen molar-refractivity contribution in [3.8, 4) is 0 Å². The third-order valence-electron chi connectivity index (χ3n) is 2.61. The normalized spacial score (nSPS) is 11.9. The van der Waals surface area contributed by atoms with Gasteiger partial charge in [-0.15, -0.1) is 0 Å². The lowest BCUT2D eigenvalue weighted by atomic mass is 9.98. The van der Waals surface area contributed by atoms with Gasteiger partial charge in [0.25, 0.3) is 0 Å². The summed E-state index contributed by atoms with van der Waals surface area (Å²) < 4.78 is 0. The molecule has 1 heterocycles. The minimum atomic E-state index is -0.558. The molecular weight excluding hydrogens is 180 g/mol.